The molecule has 1 saturated heterocycles. The summed E-state index contributed by atoms with van der Waals surface area (Å²) in [4.78, 5) is 7.41. The van der Waals surface area contributed by atoms with Gasteiger partial charge < -0.3 is 10.2 Å². The van der Waals surface area contributed by atoms with Crippen LogP contribution in [0.1, 0.15) is 55.4 Å². The fourth-order valence-electron chi connectivity index (χ4n) is 2.59. The standard InChI is InChI=1S/C15H29N3/c1-12(2)9-18-10-13(3,4)15(7,8)17-11(18)16-14(12,5)6/h9-10H2,1-8H3,(H,16,17). The summed E-state index contributed by atoms with van der Waals surface area (Å²) in [5, 5.41) is 3.65. The number of hydrogen-bond acceptors (Lipinski definition) is 3. The second-order valence-electron chi connectivity index (χ2n) is 8.37. The lowest BCUT2D eigenvalue weighted by Gasteiger charge is -2.57. The monoisotopic (exact) mass is 251 g/mol. The maximum absolute atomic E-state index is 4.98. The minimum Gasteiger partial charge on any atom is -0.351 e. The third kappa shape index (κ3) is 1.83. The minimum absolute atomic E-state index is 0.0105. The van der Waals surface area contributed by atoms with Crippen molar-refractivity contribution in [1.29, 1.82) is 0 Å². The van der Waals surface area contributed by atoms with Crippen molar-refractivity contribution >= 4 is 5.96 Å². The van der Waals surface area contributed by atoms with Gasteiger partial charge in [0.2, 0.25) is 0 Å². The van der Waals surface area contributed by atoms with Crippen LogP contribution in [-0.4, -0.2) is 35.0 Å². The Morgan fingerprint density at radius 2 is 1.39 bits per heavy atom. The van der Waals surface area contributed by atoms with Gasteiger partial charge in [0.25, 0.3) is 0 Å². The molecule has 2 rings (SSSR count). The molecule has 3 nitrogen and oxygen atoms in total. The Kier molecular flexibility index (Phi) is 2.61. The summed E-state index contributed by atoms with van der Waals surface area (Å²) in [6, 6.07) is 0. The van der Waals surface area contributed by atoms with E-state index in [1.54, 1.807) is 0 Å². The van der Waals surface area contributed by atoms with Crippen LogP contribution < -0.4 is 5.32 Å². The maximum atomic E-state index is 4.98. The summed E-state index contributed by atoms with van der Waals surface area (Å²) in [6.07, 6.45) is 0. The molecule has 0 aromatic heterocycles. The Morgan fingerprint density at radius 1 is 0.889 bits per heavy atom. The summed E-state index contributed by atoms with van der Waals surface area (Å²) in [5.41, 5.74) is 0.516. The van der Waals surface area contributed by atoms with E-state index in [9.17, 15) is 0 Å². The molecule has 18 heavy (non-hydrogen) atoms. The molecule has 0 unspecified atom stereocenters. The molecule has 2 aliphatic rings. The molecule has 0 bridgehead atoms. The first-order chi connectivity index (χ1) is 7.88. The Bertz CT molecular complexity index is 389. The molecule has 2 heterocycles. The van der Waals surface area contributed by atoms with E-state index in [1.807, 2.05) is 0 Å². The SMILES string of the molecule is CC1(C)CN2CC(C)(C)C(C)(C)NC2=NC1(C)C. The van der Waals surface area contributed by atoms with Crippen LogP contribution in [0.25, 0.3) is 0 Å². The lowest BCUT2D eigenvalue weighted by molar-refractivity contribution is 0.0456. The molecule has 0 atom stereocenters. The van der Waals surface area contributed by atoms with Crippen molar-refractivity contribution in [2.75, 3.05) is 13.1 Å². The molecule has 1 fully saturated rings. The predicted molar refractivity (Wildman–Crippen MR) is 77.9 cm³/mol. The zero-order chi connectivity index (χ0) is 14.0. The first-order valence-electron chi connectivity index (χ1n) is 7.01. The molecule has 0 spiro atoms. The van der Waals surface area contributed by atoms with Crippen molar-refractivity contribution in [3.05, 3.63) is 0 Å². The van der Waals surface area contributed by atoms with Crippen LogP contribution in [0.4, 0.5) is 0 Å². The smallest absolute Gasteiger partial charge is 0.194 e. The van der Waals surface area contributed by atoms with Crippen LogP contribution >= 0.6 is 0 Å². The summed E-state index contributed by atoms with van der Waals surface area (Å²) in [6.45, 7) is 20.5. The Morgan fingerprint density at radius 3 is 1.94 bits per heavy atom. The predicted octanol–water partition coefficient (Wildman–Crippen LogP) is 2.87. The van der Waals surface area contributed by atoms with Gasteiger partial charge in [-0.05, 0) is 27.7 Å². The van der Waals surface area contributed by atoms with Crippen molar-refractivity contribution in [2.24, 2.45) is 15.8 Å². The van der Waals surface area contributed by atoms with Crippen molar-refractivity contribution in [1.82, 2.24) is 10.2 Å². The number of aliphatic imine (C=N–C) groups is 1. The first kappa shape index (κ1) is 13.7. The highest BCUT2D eigenvalue weighted by Gasteiger charge is 2.50. The van der Waals surface area contributed by atoms with Crippen LogP contribution in [0.2, 0.25) is 0 Å². The quantitative estimate of drug-likeness (QED) is 0.717. The van der Waals surface area contributed by atoms with E-state index in [2.05, 4.69) is 65.6 Å². The Labute approximate surface area is 112 Å². The van der Waals surface area contributed by atoms with Gasteiger partial charge in [-0.25, -0.2) is 4.99 Å². The number of nitrogens with zero attached hydrogens (tertiary/aromatic N) is 2. The molecule has 0 aromatic carbocycles. The largest absolute Gasteiger partial charge is 0.351 e. The highest BCUT2D eigenvalue weighted by atomic mass is 15.4. The second kappa shape index (κ2) is 3.43. The Balaban J connectivity index is 2.39. The van der Waals surface area contributed by atoms with E-state index in [0.717, 1.165) is 19.0 Å². The first-order valence-corrected chi connectivity index (χ1v) is 7.01. The molecule has 104 valence electrons. The minimum atomic E-state index is -0.0105. The summed E-state index contributed by atoms with van der Waals surface area (Å²) >= 11 is 0. The summed E-state index contributed by atoms with van der Waals surface area (Å²) in [7, 11) is 0. The molecule has 0 radical (unpaired) electrons. The van der Waals surface area contributed by atoms with Crippen molar-refractivity contribution in [3.8, 4) is 0 Å². The average Bonchev–Trinajstić information content (AvgIpc) is 2.09. The molecule has 2 aliphatic heterocycles. The van der Waals surface area contributed by atoms with Crippen molar-refractivity contribution < 1.29 is 0 Å². The van der Waals surface area contributed by atoms with Crippen LogP contribution in [0.5, 0.6) is 0 Å². The molecule has 0 aromatic rings. The van der Waals surface area contributed by atoms with E-state index in [1.165, 1.54) is 0 Å². The average molecular weight is 251 g/mol. The van der Waals surface area contributed by atoms with Gasteiger partial charge in [0, 0.05) is 29.5 Å². The molecule has 0 aliphatic carbocycles. The lowest BCUT2D eigenvalue weighted by atomic mass is 9.69. The van der Waals surface area contributed by atoms with Gasteiger partial charge in [-0.1, -0.05) is 27.7 Å². The second-order valence-corrected chi connectivity index (χ2v) is 8.37. The van der Waals surface area contributed by atoms with Gasteiger partial charge in [0.1, 0.15) is 0 Å². The molecular weight excluding hydrogens is 222 g/mol. The highest BCUT2D eigenvalue weighted by Crippen LogP contribution is 2.42. The number of rotatable bonds is 0. The zero-order valence-electron chi connectivity index (χ0n) is 13.3. The topological polar surface area (TPSA) is 27.6 Å². The van der Waals surface area contributed by atoms with Gasteiger partial charge in [0.15, 0.2) is 5.96 Å². The third-order valence-corrected chi connectivity index (χ3v) is 5.63. The van der Waals surface area contributed by atoms with Crippen LogP contribution in [0.15, 0.2) is 4.99 Å². The zero-order valence-corrected chi connectivity index (χ0v) is 13.3. The summed E-state index contributed by atoms with van der Waals surface area (Å²) < 4.78 is 0. The molecule has 0 saturated carbocycles. The highest BCUT2D eigenvalue weighted by molar-refractivity contribution is 5.83. The number of guanidine groups is 1. The third-order valence-electron chi connectivity index (χ3n) is 5.63. The fraction of sp³-hybridized carbons (Fsp3) is 0.933. The van der Waals surface area contributed by atoms with Gasteiger partial charge in [-0.2, -0.15) is 0 Å². The lowest BCUT2D eigenvalue weighted by Crippen LogP contribution is -2.70. The van der Waals surface area contributed by atoms with Gasteiger partial charge >= 0.3 is 0 Å². The van der Waals surface area contributed by atoms with Gasteiger partial charge in [-0.3, -0.25) is 0 Å². The molecule has 3 heteroatoms. The van der Waals surface area contributed by atoms with Crippen LogP contribution in [-0.2, 0) is 0 Å². The van der Waals surface area contributed by atoms with E-state index < -0.39 is 0 Å². The van der Waals surface area contributed by atoms with Gasteiger partial charge in [0.05, 0.1) is 5.54 Å². The van der Waals surface area contributed by atoms with E-state index >= 15 is 0 Å². The number of nitrogens with one attached hydrogen (secondary N) is 1. The normalized spacial score (nSPS) is 31.1. The summed E-state index contributed by atoms with van der Waals surface area (Å²) in [5.74, 6) is 1.09. The molecule has 0 amide bonds. The van der Waals surface area contributed by atoms with E-state index in [-0.39, 0.29) is 21.9 Å². The van der Waals surface area contributed by atoms with E-state index in [4.69, 9.17) is 4.99 Å². The van der Waals surface area contributed by atoms with Crippen molar-refractivity contribution in [3.63, 3.8) is 0 Å². The maximum Gasteiger partial charge on any atom is 0.194 e. The molecule has 1 N–H and O–H groups in total. The number of hydrogen-bond donors (Lipinski definition) is 1. The molecular formula is C15H29N3. The van der Waals surface area contributed by atoms with Gasteiger partial charge in [-0.15, -0.1) is 0 Å². The Hall–Kier alpha value is -0.730. The van der Waals surface area contributed by atoms with Crippen molar-refractivity contribution in [2.45, 2.75) is 66.5 Å². The number of fused-ring (bicyclic) bond motifs is 1. The van der Waals surface area contributed by atoms with E-state index in [0.29, 0.717) is 0 Å². The fourth-order valence-corrected chi connectivity index (χ4v) is 2.59. The van der Waals surface area contributed by atoms with Crippen LogP contribution in [0.3, 0.4) is 0 Å². The van der Waals surface area contributed by atoms with Crippen LogP contribution in [0, 0.1) is 10.8 Å².